The number of para-hydroxylation sites is 1. The molecule has 0 spiro atoms. The largest absolute Gasteiger partial charge is 0.325 e. The number of nitrogens with one attached hydrogen (secondary N) is 2. The van der Waals surface area contributed by atoms with Gasteiger partial charge in [0.2, 0.25) is 21.8 Å². The third-order valence-corrected chi connectivity index (χ3v) is 5.02. The van der Waals surface area contributed by atoms with Gasteiger partial charge in [0.25, 0.3) is 0 Å². The molecule has 2 aromatic carbocycles. The Morgan fingerprint density at radius 2 is 1.67 bits per heavy atom. The lowest BCUT2D eigenvalue weighted by Gasteiger charge is -2.16. The van der Waals surface area contributed by atoms with Gasteiger partial charge in [-0.2, -0.15) is 0 Å². The van der Waals surface area contributed by atoms with Crippen molar-refractivity contribution in [3.05, 3.63) is 53.0 Å². The quantitative estimate of drug-likeness (QED) is 0.586. The van der Waals surface area contributed by atoms with E-state index < -0.39 is 15.9 Å². The van der Waals surface area contributed by atoms with Gasteiger partial charge in [0.05, 0.1) is 23.7 Å². The monoisotopic (exact) mass is 454 g/mol. The van der Waals surface area contributed by atoms with Crippen LogP contribution < -0.4 is 15.8 Å². The first-order valence-corrected chi connectivity index (χ1v) is 10.1. The summed E-state index contributed by atoms with van der Waals surface area (Å²) >= 11 is 3.34. The Balaban J connectivity index is 1.88. The van der Waals surface area contributed by atoms with Crippen molar-refractivity contribution in [2.75, 3.05) is 30.8 Å². The first kappa shape index (κ1) is 21.0. The summed E-state index contributed by atoms with van der Waals surface area (Å²) in [4.78, 5) is 25.6. The molecule has 0 radical (unpaired) electrons. The van der Waals surface area contributed by atoms with Crippen molar-refractivity contribution in [2.45, 2.75) is 4.90 Å². The van der Waals surface area contributed by atoms with Gasteiger partial charge in [-0.3, -0.25) is 14.5 Å². The minimum atomic E-state index is -3.85. The molecule has 0 atom stereocenters. The molecule has 144 valence electrons. The van der Waals surface area contributed by atoms with Crippen LogP contribution in [0.3, 0.4) is 0 Å². The highest BCUT2D eigenvalue weighted by Gasteiger charge is 2.13. The molecule has 4 N–H and O–H groups in total. The van der Waals surface area contributed by atoms with Crippen LogP contribution in [0.4, 0.5) is 11.4 Å². The first-order chi connectivity index (χ1) is 12.6. The van der Waals surface area contributed by atoms with Crippen LogP contribution >= 0.6 is 15.9 Å². The fourth-order valence-corrected chi connectivity index (χ4v) is 3.19. The Morgan fingerprint density at radius 3 is 2.30 bits per heavy atom. The van der Waals surface area contributed by atoms with E-state index in [9.17, 15) is 18.0 Å². The van der Waals surface area contributed by atoms with Crippen LogP contribution in [-0.2, 0) is 19.6 Å². The second-order valence-electron chi connectivity index (χ2n) is 5.82. The Hall–Kier alpha value is -2.27. The van der Waals surface area contributed by atoms with Crippen molar-refractivity contribution in [2.24, 2.45) is 5.14 Å². The Kier molecular flexibility index (Phi) is 7.08. The van der Waals surface area contributed by atoms with Gasteiger partial charge < -0.3 is 10.6 Å². The number of anilines is 2. The Morgan fingerprint density at radius 1 is 1.04 bits per heavy atom. The molecular formula is C17H19BrN4O4S. The van der Waals surface area contributed by atoms with Crippen LogP contribution in [0.1, 0.15) is 0 Å². The molecule has 0 heterocycles. The molecule has 0 aliphatic rings. The van der Waals surface area contributed by atoms with E-state index >= 15 is 0 Å². The number of nitrogens with zero attached hydrogens (tertiary/aromatic N) is 1. The molecule has 2 aromatic rings. The van der Waals surface area contributed by atoms with E-state index in [-0.39, 0.29) is 23.9 Å². The minimum Gasteiger partial charge on any atom is -0.325 e. The third-order valence-electron chi connectivity index (χ3n) is 3.42. The molecule has 0 aromatic heterocycles. The number of carbonyl (C=O) groups is 2. The van der Waals surface area contributed by atoms with E-state index in [1.165, 1.54) is 23.1 Å². The van der Waals surface area contributed by atoms with Gasteiger partial charge in [-0.15, -0.1) is 0 Å². The molecular weight excluding hydrogens is 436 g/mol. The van der Waals surface area contributed by atoms with Gasteiger partial charge in [0.15, 0.2) is 0 Å². The maximum atomic E-state index is 12.1. The molecule has 0 aliphatic carbocycles. The molecule has 0 saturated heterocycles. The number of rotatable bonds is 7. The van der Waals surface area contributed by atoms with Crippen LogP contribution in [0.15, 0.2) is 57.9 Å². The highest BCUT2D eigenvalue weighted by Crippen LogP contribution is 2.21. The number of hydrogen-bond donors (Lipinski definition) is 3. The zero-order valence-corrected chi connectivity index (χ0v) is 16.9. The van der Waals surface area contributed by atoms with Crippen molar-refractivity contribution < 1.29 is 18.0 Å². The summed E-state index contributed by atoms with van der Waals surface area (Å²) in [5, 5.41) is 10.4. The van der Waals surface area contributed by atoms with E-state index in [1.807, 2.05) is 12.1 Å². The number of carbonyl (C=O) groups excluding carboxylic acids is 2. The lowest BCUT2D eigenvalue weighted by molar-refractivity contribution is -0.119. The van der Waals surface area contributed by atoms with E-state index in [0.29, 0.717) is 11.4 Å². The van der Waals surface area contributed by atoms with Gasteiger partial charge in [0, 0.05) is 10.2 Å². The van der Waals surface area contributed by atoms with Crippen molar-refractivity contribution in [3.63, 3.8) is 0 Å². The Labute approximate surface area is 165 Å². The van der Waals surface area contributed by atoms with Gasteiger partial charge in [-0.25, -0.2) is 13.6 Å². The van der Waals surface area contributed by atoms with Crippen LogP contribution in [0.5, 0.6) is 0 Å². The number of primary sulfonamides is 1. The summed E-state index contributed by atoms with van der Waals surface area (Å²) in [6.45, 7) is -0.0467. The average molecular weight is 455 g/mol. The van der Waals surface area contributed by atoms with Gasteiger partial charge in [-0.1, -0.05) is 18.2 Å². The molecule has 0 saturated carbocycles. The third kappa shape index (κ3) is 6.75. The molecule has 2 rings (SSSR count). The number of nitrogens with two attached hydrogens (primary N) is 1. The van der Waals surface area contributed by atoms with E-state index in [4.69, 9.17) is 5.14 Å². The topological polar surface area (TPSA) is 122 Å². The van der Waals surface area contributed by atoms with Gasteiger partial charge >= 0.3 is 0 Å². The van der Waals surface area contributed by atoms with E-state index in [0.717, 1.165) is 4.47 Å². The molecule has 0 aliphatic heterocycles. The number of amides is 2. The molecule has 10 heteroatoms. The zero-order valence-electron chi connectivity index (χ0n) is 14.5. The second-order valence-corrected chi connectivity index (χ2v) is 8.24. The SMILES string of the molecule is CN(CC(=O)Nc1cccc(S(N)(=O)=O)c1)CC(=O)Nc1ccccc1Br. The van der Waals surface area contributed by atoms with E-state index in [2.05, 4.69) is 26.6 Å². The summed E-state index contributed by atoms with van der Waals surface area (Å²) in [6.07, 6.45) is 0. The minimum absolute atomic E-state index is 0.00593. The molecule has 0 unspecified atom stereocenters. The lowest BCUT2D eigenvalue weighted by atomic mass is 10.3. The highest BCUT2D eigenvalue weighted by atomic mass is 79.9. The fraction of sp³-hybridized carbons (Fsp3) is 0.176. The van der Waals surface area contributed by atoms with Crippen molar-refractivity contribution in [3.8, 4) is 0 Å². The maximum Gasteiger partial charge on any atom is 0.238 e. The number of hydrogen-bond acceptors (Lipinski definition) is 5. The van der Waals surface area contributed by atoms with Gasteiger partial charge in [-0.05, 0) is 53.3 Å². The van der Waals surface area contributed by atoms with Crippen molar-refractivity contribution >= 4 is 49.1 Å². The molecule has 27 heavy (non-hydrogen) atoms. The van der Waals surface area contributed by atoms with Gasteiger partial charge in [0.1, 0.15) is 0 Å². The number of likely N-dealkylation sites (N-methyl/N-ethyl adjacent to an activating group) is 1. The predicted molar refractivity (Wildman–Crippen MR) is 107 cm³/mol. The second kappa shape index (κ2) is 9.09. The number of sulfonamides is 1. The zero-order chi connectivity index (χ0) is 20.0. The van der Waals surface area contributed by atoms with Crippen LogP contribution in [-0.4, -0.2) is 45.3 Å². The summed E-state index contributed by atoms with van der Waals surface area (Å²) < 4.78 is 23.5. The summed E-state index contributed by atoms with van der Waals surface area (Å²) in [5.74, 6) is -0.661. The predicted octanol–water partition coefficient (Wildman–Crippen LogP) is 1.61. The van der Waals surface area contributed by atoms with Crippen LogP contribution in [0.2, 0.25) is 0 Å². The van der Waals surface area contributed by atoms with Crippen molar-refractivity contribution in [1.82, 2.24) is 4.90 Å². The number of halogens is 1. The normalized spacial score (nSPS) is 11.3. The summed E-state index contributed by atoms with van der Waals surface area (Å²) in [6, 6.07) is 12.8. The Bertz CT molecular complexity index is 949. The van der Waals surface area contributed by atoms with E-state index in [1.54, 1.807) is 25.2 Å². The standard InChI is InChI=1S/C17H19BrN4O4S/c1-22(11-17(24)21-15-8-3-2-7-14(15)18)10-16(23)20-12-5-4-6-13(9-12)27(19,25)26/h2-9H,10-11H2,1H3,(H,20,23)(H,21,24)(H2,19,25,26). The fourth-order valence-electron chi connectivity index (χ4n) is 2.25. The smallest absolute Gasteiger partial charge is 0.238 e. The first-order valence-electron chi connectivity index (χ1n) is 7.81. The molecule has 0 bridgehead atoms. The number of benzene rings is 2. The highest BCUT2D eigenvalue weighted by molar-refractivity contribution is 9.10. The van der Waals surface area contributed by atoms with Crippen molar-refractivity contribution in [1.29, 1.82) is 0 Å². The maximum absolute atomic E-state index is 12.1. The molecule has 0 fully saturated rings. The van der Waals surface area contributed by atoms with Crippen LogP contribution in [0, 0.1) is 0 Å². The lowest BCUT2D eigenvalue weighted by Crippen LogP contribution is -2.36. The summed E-state index contributed by atoms with van der Waals surface area (Å²) in [5.41, 5.74) is 0.942. The summed E-state index contributed by atoms with van der Waals surface area (Å²) in [7, 11) is -2.23. The van der Waals surface area contributed by atoms with Crippen LogP contribution in [0.25, 0.3) is 0 Å². The molecule has 2 amide bonds. The average Bonchev–Trinajstić information content (AvgIpc) is 2.56. The molecule has 8 nitrogen and oxygen atoms in total.